The number of nitrogens with one attached hydrogen (secondary N) is 1. The van der Waals surface area contributed by atoms with E-state index in [0.29, 0.717) is 30.8 Å². The normalized spacial score (nSPS) is 11.5. The lowest BCUT2D eigenvalue weighted by Crippen LogP contribution is -2.31. The van der Waals surface area contributed by atoms with E-state index >= 15 is 0 Å². The van der Waals surface area contributed by atoms with Crippen LogP contribution in [0.15, 0.2) is 33.9 Å². The van der Waals surface area contributed by atoms with Gasteiger partial charge in [-0.2, -0.15) is 0 Å². The smallest absolute Gasteiger partial charge is 0.330 e. The molecule has 0 aliphatic carbocycles. The van der Waals surface area contributed by atoms with Crippen LogP contribution in [0.5, 0.6) is 5.75 Å². The summed E-state index contributed by atoms with van der Waals surface area (Å²) in [6.45, 7) is 9.50. The van der Waals surface area contributed by atoms with Gasteiger partial charge in [-0.3, -0.25) is 19.2 Å². The van der Waals surface area contributed by atoms with Crippen LogP contribution in [-0.2, 0) is 26.2 Å². The second kappa shape index (κ2) is 9.75. The van der Waals surface area contributed by atoms with Crippen molar-refractivity contribution >= 4 is 11.2 Å². The van der Waals surface area contributed by atoms with Crippen LogP contribution in [0.1, 0.15) is 45.0 Å². The monoisotopic (exact) mass is 413 g/mol. The zero-order chi connectivity index (χ0) is 21.7. The molecule has 162 valence electrons. The summed E-state index contributed by atoms with van der Waals surface area (Å²) in [5.74, 6) is 1.63. The molecule has 8 nitrogen and oxygen atoms in total. The molecular formula is C22H31N5O3. The van der Waals surface area contributed by atoms with Crippen LogP contribution in [0.4, 0.5) is 0 Å². The molecule has 1 aromatic carbocycles. The lowest BCUT2D eigenvalue weighted by atomic mass is 10.2. The third-order valence-corrected chi connectivity index (χ3v) is 5.39. The van der Waals surface area contributed by atoms with Gasteiger partial charge in [-0.05, 0) is 37.6 Å². The number of rotatable bonds is 10. The molecule has 0 aliphatic heterocycles. The average molecular weight is 414 g/mol. The van der Waals surface area contributed by atoms with Crippen LogP contribution < -0.4 is 16.0 Å². The molecule has 0 amide bonds. The molecular weight excluding hydrogens is 382 g/mol. The van der Waals surface area contributed by atoms with Crippen LogP contribution in [0.2, 0.25) is 0 Å². The summed E-state index contributed by atoms with van der Waals surface area (Å²) >= 11 is 0. The zero-order valence-electron chi connectivity index (χ0n) is 18.3. The first kappa shape index (κ1) is 21.8. The first-order valence-corrected chi connectivity index (χ1v) is 10.6. The molecule has 0 saturated heterocycles. The molecule has 3 aromatic rings. The van der Waals surface area contributed by atoms with Crippen molar-refractivity contribution in [2.75, 3.05) is 13.7 Å². The average Bonchev–Trinajstić information content (AvgIpc) is 3.12. The highest BCUT2D eigenvalue weighted by atomic mass is 16.5. The van der Waals surface area contributed by atoms with E-state index in [0.717, 1.165) is 37.5 Å². The Morgan fingerprint density at radius 3 is 2.40 bits per heavy atom. The molecule has 8 heteroatoms. The molecule has 0 fully saturated rings. The fraction of sp³-hybridized carbons (Fsp3) is 0.500. The Kier molecular flexibility index (Phi) is 7.10. The Labute approximate surface area is 176 Å². The van der Waals surface area contributed by atoms with Crippen molar-refractivity contribution in [3.8, 4) is 5.75 Å². The van der Waals surface area contributed by atoms with Crippen LogP contribution >= 0.6 is 0 Å². The lowest BCUT2D eigenvalue weighted by Gasteiger charge is -2.20. The van der Waals surface area contributed by atoms with Gasteiger partial charge >= 0.3 is 5.69 Å². The maximum Gasteiger partial charge on any atom is 0.330 e. The van der Waals surface area contributed by atoms with Crippen molar-refractivity contribution in [2.45, 2.75) is 59.8 Å². The van der Waals surface area contributed by atoms with Gasteiger partial charge in [0.25, 0.3) is 5.56 Å². The van der Waals surface area contributed by atoms with Crippen molar-refractivity contribution < 1.29 is 4.74 Å². The van der Waals surface area contributed by atoms with Crippen LogP contribution in [0, 0.1) is 0 Å². The Balaban J connectivity index is 1.96. The molecule has 2 aromatic heterocycles. The Bertz CT molecular complexity index is 1090. The summed E-state index contributed by atoms with van der Waals surface area (Å²) in [6, 6.07) is 8.02. The van der Waals surface area contributed by atoms with Crippen LogP contribution in [0.25, 0.3) is 11.2 Å². The number of aromatic amines is 1. The van der Waals surface area contributed by atoms with E-state index in [2.05, 4.69) is 35.9 Å². The zero-order valence-corrected chi connectivity index (χ0v) is 18.3. The number of hydrogen-bond donors (Lipinski definition) is 1. The molecule has 30 heavy (non-hydrogen) atoms. The molecule has 0 atom stereocenters. The highest BCUT2D eigenvalue weighted by Crippen LogP contribution is 2.17. The fourth-order valence-electron chi connectivity index (χ4n) is 3.67. The van der Waals surface area contributed by atoms with E-state index < -0.39 is 0 Å². The van der Waals surface area contributed by atoms with E-state index in [1.54, 1.807) is 11.7 Å². The predicted molar refractivity (Wildman–Crippen MR) is 118 cm³/mol. The molecule has 1 N–H and O–H groups in total. The van der Waals surface area contributed by atoms with Gasteiger partial charge in [-0.1, -0.05) is 32.4 Å². The third-order valence-electron chi connectivity index (χ3n) is 5.39. The van der Waals surface area contributed by atoms with Crippen molar-refractivity contribution in [3.05, 3.63) is 56.5 Å². The second-order valence-corrected chi connectivity index (χ2v) is 7.36. The predicted octanol–water partition coefficient (Wildman–Crippen LogP) is 2.74. The number of methoxy groups -OCH3 is 1. The summed E-state index contributed by atoms with van der Waals surface area (Å²) in [7, 11) is 1.66. The van der Waals surface area contributed by atoms with Gasteiger partial charge in [0.1, 0.15) is 11.6 Å². The quantitative estimate of drug-likeness (QED) is 0.552. The van der Waals surface area contributed by atoms with E-state index in [4.69, 9.17) is 9.72 Å². The van der Waals surface area contributed by atoms with Gasteiger partial charge in [0, 0.05) is 19.6 Å². The van der Waals surface area contributed by atoms with Crippen LogP contribution in [0.3, 0.4) is 0 Å². The fourth-order valence-corrected chi connectivity index (χ4v) is 3.67. The summed E-state index contributed by atoms with van der Waals surface area (Å²) in [6.07, 6.45) is 1.81. The lowest BCUT2D eigenvalue weighted by molar-refractivity contribution is 0.261. The Morgan fingerprint density at radius 1 is 1.07 bits per heavy atom. The first-order valence-electron chi connectivity index (χ1n) is 10.6. The maximum absolute atomic E-state index is 12.6. The van der Waals surface area contributed by atoms with Gasteiger partial charge in [0.15, 0.2) is 11.2 Å². The minimum atomic E-state index is -0.390. The number of benzene rings is 1. The molecule has 3 rings (SSSR count). The Hall–Kier alpha value is -2.87. The SMILES string of the molecule is CCCCn1c(=O)[nH]c(=O)c2c1nc(CN(CC)Cc1ccc(OC)cc1)n2CC. The maximum atomic E-state index is 12.6. The number of ether oxygens (including phenoxy) is 1. The largest absolute Gasteiger partial charge is 0.497 e. The van der Waals surface area contributed by atoms with E-state index in [1.807, 2.05) is 23.6 Å². The summed E-state index contributed by atoms with van der Waals surface area (Å²) < 4.78 is 8.75. The molecule has 0 radical (unpaired) electrons. The number of nitrogens with zero attached hydrogens (tertiary/aromatic N) is 4. The highest BCUT2D eigenvalue weighted by molar-refractivity contribution is 5.71. The molecule has 2 heterocycles. The number of unbranched alkanes of at least 4 members (excludes halogenated alkanes) is 1. The number of hydrogen-bond acceptors (Lipinski definition) is 5. The van der Waals surface area contributed by atoms with Crippen LogP contribution in [-0.4, -0.2) is 37.7 Å². The summed E-state index contributed by atoms with van der Waals surface area (Å²) in [5, 5.41) is 0. The number of aryl methyl sites for hydroxylation is 2. The van der Waals surface area contributed by atoms with E-state index in [9.17, 15) is 9.59 Å². The highest BCUT2D eigenvalue weighted by Gasteiger charge is 2.19. The molecule has 0 aliphatic rings. The standard InChI is InChI=1S/C22H31N5O3/c1-5-8-13-27-20-19(21(28)24-22(27)29)26(7-3)18(23-20)15-25(6-2)14-16-9-11-17(30-4)12-10-16/h9-12H,5-8,13-15H2,1-4H3,(H,24,28,29). The third kappa shape index (κ3) is 4.48. The molecule has 0 bridgehead atoms. The number of imidazole rings is 1. The molecule has 0 spiro atoms. The van der Waals surface area contributed by atoms with Gasteiger partial charge in [0.05, 0.1) is 13.7 Å². The second-order valence-electron chi connectivity index (χ2n) is 7.36. The number of H-pyrrole nitrogens is 1. The number of aromatic nitrogens is 4. The van der Waals surface area contributed by atoms with Gasteiger partial charge < -0.3 is 9.30 Å². The molecule has 0 saturated carbocycles. The van der Waals surface area contributed by atoms with E-state index in [1.165, 1.54) is 5.56 Å². The van der Waals surface area contributed by atoms with Gasteiger partial charge in [0.2, 0.25) is 0 Å². The Morgan fingerprint density at radius 2 is 1.80 bits per heavy atom. The van der Waals surface area contributed by atoms with Crippen molar-refractivity contribution in [3.63, 3.8) is 0 Å². The van der Waals surface area contributed by atoms with Gasteiger partial charge in [-0.25, -0.2) is 9.78 Å². The summed E-state index contributed by atoms with van der Waals surface area (Å²) in [5.41, 5.74) is 1.37. The number of fused-ring (bicyclic) bond motifs is 1. The molecule has 0 unspecified atom stereocenters. The minimum absolute atomic E-state index is 0.374. The first-order chi connectivity index (χ1) is 14.5. The van der Waals surface area contributed by atoms with Crippen molar-refractivity contribution in [1.82, 2.24) is 24.0 Å². The van der Waals surface area contributed by atoms with Gasteiger partial charge in [-0.15, -0.1) is 0 Å². The topological polar surface area (TPSA) is 85.2 Å². The van der Waals surface area contributed by atoms with Crippen molar-refractivity contribution in [1.29, 1.82) is 0 Å². The van der Waals surface area contributed by atoms with Crippen molar-refractivity contribution in [2.24, 2.45) is 0 Å². The van der Waals surface area contributed by atoms with E-state index in [-0.39, 0.29) is 11.2 Å². The minimum Gasteiger partial charge on any atom is -0.497 e. The summed E-state index contributed by atoms with van der Waals surface area (Å²) in [4.78, 5) is 34.4.